The zero-order valence-electron chi connectivity index (χ0n) is 16.2. The molecule has 2 aliphatic rings. The highest BCUT2D eigenvalue weighted by Gasteiger charge is 2.33. The van der Waals surface area contributed by atoms with Crippen LogP contribution in [0.15, 0.2) is 41.3 Å². The molecule has 11 heteroatoms. The van der Waals surface area contributed by atoms with Crippen molar-refractivity contribution in [2.45, 2.75) is 17.7 Å². The summed E-state index contributed by atoms with van der Waals surface area (Å²) in [5.74, 6) is 0.588. The van der Waals surface area contributed by atoms with E-state index < -0.39 is 15.9 Å². The summed E-state index contributed by atoms with van der Waals surface area (Å²) in [5, 5.41) is 3.77. The SMILES string of the molecule is O=C(Nc1nc2cc3c(cc2s1)OCO3)C1CCCN(S(=O)(=O)c2ccc(Cl)cc2)C1. The number of hydrogen-bond acceptors (Lipinski definition) is 7. The van der Waals surface area contributed by atoms with Crippen molar-refractivity contribution in [1.82, 2.24) is 9.29 Å². The molecule has 1 unspecified atom stereocenters. The van der Waals surface area contributed by atoms with E-state index in [9.17, 15) is 13.2 Å². The van der Waals surface area contributed by atoms with Crippen molar-refractivity contribution >= 4 is 54.2 Å². The average molecular weight is 480 g/mol. The van der Waals surface area contributed by atoms with Crippen molar-refractivity contribution in [2.24, 2.45) is 5.92 Å². The van der Waals surface area contributed by atoms with Crippen LogP contribution in [0.3, 0.4) is 0 Å². The first kappa shape index (κ1) is 20.5. The van der Waals surface area contributed by atoms with Crippen LogP contribution in [0.25, 0.3) is 10.2 Å². The molecule has 31 heavy (non-hydrogen) atoms. The minimum Gasteiger partial charge on any atom is -0.454 e. The van der Waals surface area contributed by atoms with Gasteiger partial charge in [-0.2, -0.15) is 4.31 Å². The van der Waals surface area contributed by atoms with Gasteiger partial charge >= 0.3 is 0 Å². The summed E-state index contributed by atoms with van der Waals surface area (Å²) >= 11 is 7.20. The fourth-order valence-electron chi connectivity index (χ4n) is 3.71. The number of carbonyl (C=O) groups is 1. The number of hydrogen-bond donors (Lipinski definition) is 1. The highest BCUT2D eigenvalue weighted by Crippen LogP contribution is 2.39. The predicted molar refractivity (Wildman–Crippen MR) is 117 cm³/mol. The van der Waals surface area contributed by atoms with Crippen LogP contribution in [-0.4, -0.2) is 43.5 Å². The quantitative estimate of drug-likeness (QED) is 0.612. The number of thiazole rings is 1. The van der Waals surface area contributed by atoms with Crippen molar-refractivity contribution in [3.63, 3.8) is 0 Å². The highest BCUT2D eigenvalue weighted by molar-refractivity contribution is 7.89. The van der Waals surface area contributed by atoms with Crippen LogP contribution in [0, 0.1) is 5.92 Å². The van der Waals surface area contributed by atoms with Crippen LogP contribution in [0.5, 0.6) is 11.5 Å². The largest absolute Gasteiger partial charge is 0.454 e. The Labute approximate surface area is 187 Å². The Bertz CT molecular complexity index is 1220. The van der Waals surface area contributed by atoms with E-state index in [1.165, 1.54) is 27.8 Å². The second-order valence-corrected chi connectivity index (χ2v) is 10.7. The molecule has 1 N–H and O–H groups in total. The molecule has 0 radical (unpaired) electrons. The minimum absolute atomic E-state index is 0.123. The molecule has 5 rings (SSSR count). The Balaban J connectivity index is 1.30. The molecule has 162 valence electrons. The molecule has 1 atom stereocenters. The third-order valence-electron chi connectivity index (χ3n) is 5.32. The van der Waals surface area contributed by atoms with Crippen LogP contribution < -0.4 is 14.8 Å². The van der Waals surface area contributed by atoms with E-state index >= 15 is 0 Å². The number of aromatic nitrogens is 1. The molecule has 2 aliphatic heterocycles. The fraction of sp³-hybridized carbons (Fsp3) is 0.300. The Morgan fingerprint density at radius 2 is 1.94 bits per heavy atom. The van der Waals surface area contributed by atoms with Crippen LogP contribution in [0.4, 0.5) is 5.13 Å². The summed E-state index contributed by atoms with van der Waals surface area (Å²) in [5.41, 5.74) is 0.708. The highest BCUT2D eigenvalue weighted by atomic mass is 35.5. The van der Waals surface area contributed by atoms with Gasteiger partial charge in [0.1, 0.15) is 0 Å². The van der Waals surface area contributed by atoms with Gasteiger partial charge in [0.05, 0.1) is 21.0 Å². The van der Waals surface area contributed by atoms with Crippen molar-refractivity contribution in [2.75, 3.05) is 25.2 Å². The molecule has 2 aromatic carbocycles. The first-order valence-electron chi connectivity index (χ1n) is 9.67. The second kappa shape index (κ2) is 7.94. The summed E-state index contributed by atoms with van der Waals surface area (Å²) < 4.78 is 38.9. The molecule has 1 saturated heterocycles. The second-order valence-electron chi connectivity index (χ2n) is 7.34. The van der Waals surface area contributed by atoms with E-state index in [1.54, 1.807) is 18.2 Å². The van der Waals surface area contributed by atoms with Crippen LogP contribution >= 0.6 is 22.9 Å². The Hall–Kier alpha value is -2.40. The lowest BCUT2D eigenvalue weighted by atomic mass is 9.99. The molecule has 0 spiro atoms. The van der Waals surface area contributed by atoms with E-state index in [4.69, 9.17) is 21.1 Å². The normalized spacial score (nSPS) is 18.9. The van der Waals surface area contributed by atoms with E-state index in [1.807, 2.05) is 6.07 Å². The molecule has 3 heterocycles. The first-order valence-corrected chi connectivity index (χ1v) is 12.3. The molecule has 0 saturated carbocycles. The van der Waals surface area contributed by atoms with Gasteiger partial charge in [0.25, 0.3) is 0 Å². The third kappa shape index (κ3) is 3.96. The van der Waals surface area contributed by atoms with Crippen molar-refractivity contribution in [3.05, 3.63) is 41.4 Å². The first-order chi connectivity index (χ1) is 14.9. The summed E-state index contributed by atoms with van der Waals surface area (Å²) in [4.78, 5) is 17.5. The van der Waals surface area contributed by atoms with Gasteiger partial charge in [-0.1, -0.05) is 22.9 Å². The number of carbonyl (C=O) groups excluding carboxylic acids is 1. The summed E-state index contributed by atoms with van der Waals surface area (Å²) in [6.07, 6.45) is 1.21. The summed E-state index contributed by atoms with van der Waals surface area (Å²) in [6, 6.07) is 9.67. The van der Waals surface area contributed by atoms with Gasteiger partial charge in [-0.15, -0.1) is 0 Å². The standard InChI is InChI=1S/C20H18ClN3O5S2/c21-13-3-5-14(6-4-13)31(26,27)24-7-1-2-12(10-24)19(25)23-20-22-15-8-16-17(29-11-28-16)9-18(15)30-20/h3-6,8-9,12H,1-2,7,10-11H2,(H,22,23,25). The van der Waals surface area contributed by atoms with Crippen LogP contribution in [-0.2, 0) is 14.8 Å². The lowest BCUT2D eigenvalue weighted by Gasteiger charge is -2.31. The van der Waals surface area contributed by atoms with Gasteiger partial charge in [0.15, 0.2) is 16.6 Å². The summed E-state index contributed by atoms with van der Waals surface area (Å²) in [6.45, 7) is 0.687. The number of rotatable bonds is 4. The van der Waals surface area contributed by atoms with Crippen molar-refractivity contribution < 1.29 is 22.7 Å². The molecule has 1 aromatic heterocycles. The van der Waals surface area contributed by atoms with Gasteiger partial charge in [0, 0.05) is 30.2 Å². The van der Waals surface area contributed by atoms with E-state index in [0.717, 1.165) is 4.70 Å². The molecule has 1 amide bonds. The van der Waals surface area contributed by atoms with Gasteiger partial charge in [-0.05, 0) is 37.1 Å². The number of piperidine rings is 1. The van der Waals surface area contributed by atoms with E-state index in [0.29, 0.717) is 46.6 Å². The molecule has 8 nitrogen and oxygen atoms in total. The zero-order chi connectivity index (χ0) is 21.6. The van der Waals surface area contributed by atoms with Gasteiger partial charge in [-0.3, -0.25) is 4.79 Å². The molecule has 0 aliphatic carbocycles. The molecule has 1 fully saturated rings. The predicted octanol–water partition coefficient (Wildman–Crippen LogP) is 3.72. The van der Waals surface area contributed by atoms with Gasteiger partial charge < -0.3 is 14.8 Å². The van der Waals surface area contributed by atoms with Gasteiger partial charge in [0.2, 0.25) is 22.7 Å². The maximum absolute atomic E-state index is 13.0. The lowest BCUT2D eigenvalue weighted by molar-refractivity contribution is -0.120. The van der Waals surface area contributed by atoms with Gasteiger partial charge in [-0.25, -0.2) is 13.4 Å². The molecule has 0 bridgehead atoms. The van der Waals surface area contributed by atoms with Crippen LogP contribution in [0.1, 0.15) is 12.8 Å². The number of ether oxygens (including phenoxy) is 2. The molecule has 3 aromatic rings. The number of anilines is 1. The monoisotopic (exact) mass is 479 g/mol. The number of nitrogens with zero attached hydrogens (tertiary/aromatic N) is 2. The Kier molecular flexibility index (Phi) is 5.25. The van der Waals surface area contributed by atoms with E-state index in [2.05, 4.69) is 10.3 Å². The Morgan fingerprint density at radius 3 is 2.71 bits per heavy atom. The molecular formula is C20H18ClN3O5S2. The summed E-state index contributed by atoms with van der Waals surface area (Å²) in [7, 11) is -3.69. The third-order valence-corrected chi connectivity index (χ3v) is 8.38. The van der Waals surface area contributed by atoms with Crippen molar-refractivity contribution in [1.29, 1.82) is 0 Å². The maximum atomic E-state index is 13.0. The Morgan fingerprint density at radius 1 is 1.19 bits per heavy atom. The molecular weight excluding hydrogens is 462 g/mol. The number of amides is 1. The maximum Gasteiger partial charge on any atom is 0.243 e. The number of halogens is 1. The number of nitrogens with one attached hydrogen (secondary N) is 1. The minimum atomic E-state index is -3.69. The van der Waals surface area contributed by atoms with E-state index in [-0.39, 0.29) is 24.1 Å². The van der Waals surface area contributed by atoms with Crippen molar-refractivity contribution in [3.8, 4) is 11.5 Å². The number of benzene rings is 2. The average Bonchev–Trinajstić information content (AvgIpc) is 3.37. The number of sulfonamides is 1. The zero-order valence-corrected chi connectivity index (χ0v) is 18.6. The fourth-order valence-corrected chi connectivity index (χ4v) is 6.24. The van der Waals surface area contributed by atoms with Crippen LogP contribution in [0.2, 0.25) is 5.02 Å². The lowest BCUT2D eigenvalue weighted by Crippen LogP contribution is -2.43. The smallest absolute Gasteiger partial charge is 0.243 e. The topological polar surface area (TPSA) is 97.8 Å². The number of fused-ring (bicyclic) bond motifs is 2.